The Morgan fingerprint density at radius 1 is 1.21 bits per heavy atom. The molecule has 0 radical (unpaired) electrons. The Hall–Kier alpha value is -2.08. The SMILES string of the molecule is COc1ccccc1C(O)CNC(=O)C(C)(N)c1ccccc1.Cl. The molecule has 0 fully saturated rings. The Bertz CT molecular complexity index is 662. The van der Waals surface area contributed by atoms with Gasteiger partial charge in [-0.15, -0.1) is 12.4 Å². The molecule has 2 unspecified atom stereocenters. The number of methoxy groups -OCH3 is 1. The van der Waals surface area contributed by atoms with Crippen LogP contribution in [0.2, 0.25) is 0 Å². The smallest absolute Gasteiger partial charge is 0.244 e. The van der Waals surface area contributed by atoms with Crippen LogP contribution in [-0.2, 0) is 10.3 Å². The van der Waals surface area contributed by atoms with Gasteiger partial charge in [-0.1, -0.05) is 48.5 Å². The van der Waals surface area contributed by atoms with Gasteiger partial charge in [-0.3, -0.25) is 4.79 Å². The summed E-state index contributed by atoms with van der Waals surface area (Å²) in [4.78, 5) is 12.4. The van der Waals surface area contributed by atoms with E-state index in [2.05, 4.69) is 5.32 Å². The lowest BCUT2D eigenvalue weighted by Gasteiger charge is -2.25. The van der Waals surface area contributed by atoms with Gasteiger partial charge in [0.2, 0.25) is 5.91 Å². The zero-order chi connectivity index (χ0) is 16.9. The molecule has 0 aliphatic heterocycles. The molecule has 0 bridgehead atoms. The highest BCUT2D eigenvalue weighted by Gasteiger charge is 2.30. The Kier molecular flexibility index (Phi) is 7.22. The Morgan fingerprint density at radius 2 is 1.79 bits per heavy atom. The predicted molar refractivity (Wildman–Crippen MR) is 96.2 cm³/mol. The number of hydrogen-bond acceptors (Lipinski definition) is 4. The summed E-state index contributed by atoms with van der Waals surface area (Å²) < 4.78 is 5.21. The fourth-order valence-electron chi connectivity index (χ4n) is 2.34. The van der Waals surface area contributed by atoms with Crippen LogP contribution in [0.1, 0.15) is 24.2 Å². The van der Waals surface area contributed by atoms with E-state index in [1.807, 2.05) is 24.3 Å². The van der Waals surface area contributed by atoms with Gasteiger partial charge in [0, 0.05) is 12.1 Å². The third-order valence-electron chi connectivity index (χ3n) is 3.80. The van der Waals surface area contributed by atoms with E-state index in [-0.39, 0.29) is 24.9 Å². The molecule has 130 valence electrons. The van der Waals surface area contributed by atoms with E-state index in [1.54, 1.807) is 37.3 Å². The molecule has 2 rings (SSSR count). The van der Waals surface area contributed by atoms with Gasteiger partial charge in [-0.25, -0.2) is 0 Å². The number of nitrogens with two attached hydrogens (primary N) is 1. The normalized spacial score (nSPS) is 14.0. The molecular formula is C18H23ClN2O3. The summed E-state index contributed by atoms with van der Waals surface area (Å²) in [6.07, 6.45) is -0.873. The molecule has 0 spiro atoms. The third kappa shape index (κ3) is 4.47. The zero-order valence-corrected chi connectivity index (χ0v) is 14.5. The molecule has 1 amide bonds. The van der Waals surface area contributed by atoms with Crippen molar-refractivity contribution in [2.75, 3.05) is 13.7 Å². The molecule has 2 aromatic carbocycles. The van der Waals surface area contributed by atoms with Crippen LogP contribution >= 0.6 is 12.4 Å². The van der Waals surface area contributed by atoms with E-state index in [4.69, 9.17) is 10.5 Å². The second kappa shape index (κ2) is 8.68. The van der Waals surface area contributed by atoms with Crippen molar-refractivity contribution >= 4 is 18.3 Å². The van der Waals surface area contributed by atoms with Crippen molar-refractivity contribution in [3.8, 4) is 5.75 Å². The number of para-hydroxylation sites is 1. The number of halogens is 1. The van der Waals surface area contributed by atoms with E-state index in [1.165, 1.54) is 7.11 Å². The summed E-state index contributed by atoms with van der Waals surface area (Å²) >= 11 is 0. The van der Waals surface area contributed by atoms with Crippen LogP contribution in [0.4, 0.5) is 0 Å². The Labute approximate surface area is 148 Å². The summed E-state index contributed by atoms with van der Waals surface area (Å²) in [6, 6.07) is 16.3. The van der Waals surface area contributed by atoms with Crippen LogP contribution in [0.5, 0.6) is 5.75 Å². The van der Waals surface area contributed by atoms with Gasteiger partial charge >= 0.3 is 0 Å². The van der Waals surface area contributed by atoms with Gasteiger partial charge in [0.05, 0.1) is 13.2 Å². The lowest BCUT2D eigenvalue weighted by atomic mass is 9.92. The number of ether oxygens (including phenoxy) is 1. The second-order valence-corrected chi connectivity index (χ2v) is 5.54. The first kappa shape index (κ1) is 20.0. The molecule has 2 aromatic rings. The molecule has 0 aliphatic rings. The number of amides is 1. The lowest BCUT2D eigenvalue weighted by molar-refractivity contribution is -0.126. The van der Waals surface area contributed by atoms with Crippen LogP contribution in [0.15, 0.2) is 54.6 Å². The highest BCUT2D eigenvalue weighted by Crippen LogP contribution is 2.24. The number of nitrogens with one attached hydrogen (secondary N) is 1. The van der Waals surface area contributed by atoms with Crippen molar-refractivity contribution < 1.29 is 14.6 Å². The van der Waals surface area contributed by atoms with Crippen molar-refractivity contribution in [2.45, 2.75) is 18.6 Å². The first-order valence-electron chi connectivity index (χ1n) is 7.40. The predicted octanol–water partition coefficient (Wildman–Crippen LogP) is 2.14. The van der Waals surface area contributed by atoms with Crippen molar-refractivity contribution in [2.24, 2.45) is 5.73 Å². The fraction of sp³-hybridized carbons (Fsp3) is 0.278. The van der Waals surface area contributed by atoms with Gasteiger partial charge < -0.3 is 20.9 Å². The van der Waals surface area contributed by atoms with E-state index in [0.717, 1.165) is 0 Å². The minimum Gasteiger partial charge on any atom is -0.496 e. The molecule has 2 atom stereocenters. The summed E-state index contributed by atoms with van der Waals surface area (Å²) in [6.45, 7) is 1.70. The van der Waals surface area contributed by atoms with Crippen molar-refractivity contribution in [1.82, 2.24) is 5.32 Å². The van der Waals surface area contributed by atoms with E-state index < -0.39 is 11.6 Å². The highest BCUT2D eigenvalue weighted by molar-refractivity contribution is 5.87. The quantitative estimate of drug-likeness (QED) is 0.745. The van der Waals surface area contributed by atoms with Crippen LogP contribution in [-0.4, -0.2) is 24.7 Å². The fourth-order valence-corrected chi connectivity index (χ4v) is 2.34. The monoisotopic (exact) mass is 350 g/mol. The molecule has 0 saturated carbocycles. The maximum atomic E-state index is 12.4. The standard InChI is InChI=1S/C18H22N2O3.ClH/c1-18(19,13-8-4-3-5-9-13)17(22)20-12-15(21)14-10-6-7-11-16(14)23-2;/h3-11,15,21H,12,19H2,1-2H3,(H,20,22);1H. The van der Waals surface area contributed by atoms with Crippen LogP contribution in [0.25, 0.3) is 0 Å². The van der Waals surface area contributed by atoms with E-state index >= 15 is 0 Å². The Balaban J connectivity index is 0.00000288. The minimum absolute atomic E-state index is 0. The van der Waals surface area contributed by atoms with Crippen molar-refractivity contribution in [3.63, 3.8) is 0 Å². The van der Waals surface area contributed by atoms with Crippen LogP contribution < -0.4 is 15.8 Å². The van der Waals surface area contributed by atoms with Crippen LogP contribution in [0, 0.1) is 0 Å². The molecule has 4 N–H and O–H groups in total. The topological polar surface area (TPSA) is 84.6 Å². The Morgan fingerprint density at radius 3 is 2.42 bits per heavy atom. The van der Waals surface area contributed by atoms with Gasteiger partial charge in [-0.05, 0) is 18.6 Å². The van der Waals surface area contributed by atoms with Crippen molar-refractivity contribution in [3.05, 3.63) is 65.7 Å². The molecule has 0 saturated heterocycles. The van der Waals surface area contributed by atoms with E-state index in [9.17, 15) is 9.90 Å². The highest BCUT2D eigenvalue weighted by atomic mass is 35.5. The van der Waals surface area contributed by atoms with Gasteiger partial charge in [0.25, 0.3) is 0 Å². The molecule has 24 heavy (non-hydrogen) atoms. The second-order valence-electron chi connectivity index (χ2n) is 5.54. The number of rotatable bonds is 6. The molecule has 0 heterocycles. The molecule has 5 nitrogen and oxygen atoms in total. The minimum atomic E-state index is -1.16. The number of benzene rings is 2. The summed E-state index contributed by atoms with van der Waals surface area (Å²) in [7, 11) is 1.54. The third-order valence-corrected chi connectivity index (χ3v) is 3.80. The largest absolute Gasteiger partial charge is 0.496 e. The van der Waals surface area contributed by atoms with Gasteiger partial charge in [0.15, 0.2) is 0 Å². The average molecular weight is 351 g/mol. The van der Waals surface area contributed by atoms with Crippen molar-refractivity contribution in [1.29, 1.82) is 0 Å². The zero-order valence-electron chi connectivity index (χ0n) is 13.7. The van der Waals surface area contributed by atoms with E-state index in [0.29, 0.717) is 16.9 Å². The number of carbonyl (C=O) groups is 1. The maximum Gasteiger partial charge on any atom is 0.244 e. The molecule has 6 heteroatoms. The van der Waals surface area contributed by atoms with Gasteiger partial charge in [0.1, 0.15) is 11.3 Å². The molecular weight excluding hydrogens is 328 g/mol. The summed E-state index contributed by atoms with van der Waals surface area (Å²) in [5.41, 5.74) is 6.31. The number of aliphatic hydroxyl groups excluding tert-OH is 1. The molecule has 0 aliphatic carbocycles. The number of aliphatic hydroxyl groups is 1. The number of carbonyl (C=O) groups excluding carboxylic acids is 1. The maximum absolute atomic E-state index is 12.4. The summed E-state index contributed by atoms with van der Waals surface area (Å²) in [5.74, 6) is 0.227. The van der Waals surface area contributed by atoms with Crippen LogP contribution in [0.3, 0.4) is 0 Å². The first-order valence-corrected chi connectivity index (χ1v) is 7.40. The number of hydrogen-bond donors (Lipinski definition) is 3. The lowest BCUT2D eigenvalue weighted by Crippen LogP contribution is -2.49. The summed E-state index contributed by atoms with van der Waals surface area (Å²) in [5, 5.41) is 13.0. The molecule has 0 aromatic heterocycles. The van der Waals surface area contributed by atoms with Gasteiger partial charge in [-0.2, -0.15) is 0 Å². The first-order chi connectivity index (χ1) is 11.0. The average Bonchev–Trinajstić information content (AvgIpc) is 2.59.